The van der Waals surface area contributed by atoms with Crippen LogP contribution < -0.4 is 4.43 Å². The summed E-state index contributed by atoms with van der Waals surface area (Å²) >= 11 is 0. The van der Waals surface area contributed by atoms with Crippen LogP contribution in [0.3, 0.4) is 0 Å². The molecule has 0 saturated carbocycles. The Labute approximate surface area is 299 Å². The molecule has 0 aliphatic heterocycles. The van der Waals surface area contributed by atoms with Crippen LogP contribution in [0.5, 0.6) is 11.5 Å². The van der Waals surface area contributed by atoms with Gasteiger partial charge < -0.3 is 9.53 Å². The average Bonchev–Trinajstić information content (AvgIpc) is 2.94. The van der Waals surface area contributed by atoms with Gasteiger partial charge in [0.25, 0.3) is 0 Å². The summed E-state index contributed by atoms with van der Waals surface area (Å²) in [5.41, 5.74) is 11.7. The molecule has 0 amide bonds. The van der Waals surface area contributed by atoms with Gasteiger partial charge in [-0.15, -0.1) is 0 Å². The van der Waals surface area contributed by atoms with E-state index in [1.165, 1.54) is 16.7 Å². The summed E-state index contributed by atoms with van der Waals surface area (Å²) in [6, 6.07) is 24.1. The van der Waals surface area contributed by atoms with Crippen molar-refractivity contribution in [3.63, 3.8) is 0 Å². The van der Waals surface area contributed by atoms with Crippen molar-refractivity contribution in [1.82, 2.24) is 0 Å². The molecule has 0 fully saturated rings. The first-order chi connectivity index (χ1) is 22.3. The molecule has 0 aliphatic rings. The molecule has 0 heterocycles. The molecule has 1 N–H and O–H groups in total. The molecule has 0 unspecified atom stereocenters. The quantitative estimate of drug-likeness (QED) is 0.173. The molecule has 4 aromatic carbocycles. The van der Waals surface area contributed by atoms with Gasteiger partial charge in [0, 0.05) is 22.3 Å². The van der Waals surface area contributed by atoms with Gasteiger partial charge in [0.2, 0.25) is 8.32 Å². The number of aryl methyl sites for hydroxylation is 1. The predicted molar refractivity (Wildman–Crippen MR) is 215 cm³/mol. The van der Waals surface area contributed by atoms with E-state index in [0.717, 1.165) is 50.3 Å². The molecular formula is C46H60O2Si. The monoisotopic (exact) mass is 672 g/mol. The SMILES string of the molecule is Cc1ccc(-c2cc(C(C)(C)C)c(O[Si](C)(C)C)c(C(C)(C)C)c2)cc1C#Cc1ccc(-c2cc(C(C)(C)C)c(O)c(C(C)(C)C)c2)cc1. The number of hydrogen-bond donors (Lipinski definition) is 1. The summed E-state index contributed by atoms with van der Waals surface area (Å²) in [7, 11) is -1.85. The molecule has 4 rings (SSSR count). The Morgan fingerprint density at radius 3 is 1.35 bits per heavy atom. The van der Waals surface area contributed by atoms with Crippen LogP contribution in [-0.2, 0) is 21.7 Å². The first kappa shape index (κ1) is 38.1. The Kier molecular flexibility index (Phi) is 10.2. The second-order valence-electron chi connectivity index (χ2n) is 18.9. The maximum absolute atomic E-state index is 11.2. The Hall–Kier alpha value is -3.74. The molecule has 3 heteroatoms. The number of phenols is 1. The second kappa shape index (κ2) is 13.2. The lowest BCUT2D eigenvalue weighted by atomic mass is 9.77. The zero-order chi connectivity index (χ0) is 36.9. The second-order valence-corrected chi connectivity index (χ2v) is 23.3. The molecule has 0 radical (unpaired) electrons. The van der Waals surface area contributed by atoms with Crippen LogP contribution in [0.2, 0.25) is 19.6 Å². The van der Waals surface area contributed by atoms with Crippen molar-refractivity contribution in [3.8, 4) is 45.6 Å². The fourth-order valence-electron chi connectivity index (χ4n) is 6.09. The third-order valence-electron chi connectivity index (χ3n) is 8.97. The van der Waals surface area contributed by atoms with Gasteiger partial charge in [0.05, 0.1) is 0 Å². The molecule has 4 aromatic rings. The summed E-state index contributed by atoms with van der Waals surface area (Å²) in [4.78, 5) is 0. The number of aromatic hydroxyl groups is 1. The predicted octanol–water partition coefficient (Wildman–Crippen LogP) is 12.8. The van der Waals surface area contributed by atoms with Crippen molar-refractivity contribution in [2.45, 2.75) is 131 Å². The number of benzene rings is 4. The van der Waals surface area contributed by atoms with E-state index < -0.39 is 8.32 Å². The molecule has 2 nitrogen and oxygen atoms in total. The highest BCUT2D eigenvalue weighted by Crippen LogP contribution is 2.45. The van der Waals surface area contributed by atoms with Crippen LogP contribution in [0.1, 0.15) is 122 Å². The van der Waals surface area contributed by atoms with Gasteiger partial charge in [-0.1, -0.05) is 119 Å². The van der Waals surface area contributed by atoms with E-state index in [1.54, 1.807) is 0 Å². The van der Waals surface area contributed by atoms with Crippen LogP contribution >= 0.6 is 0 Å². The molecule has 260 valence electrons. The third-order valence-corrected chi connectivity index (χ3v) is 9.79. The van der Waals surface area contributed by atoms with Crippen molar-refractivity contribution in [2.24, 2.45) is 0 Å². The standard InChI is InChI=1S/C46H60O2Si/c1-30-17-21-34(36-28-39(45(8,9)10)42(48-49(14,15)16)40(29-36)46(11,12)13)25-33(30)24-20-31-18-22-32(23-19-31)35-26-37(43(2,3)4)41(47)38(27-35)44(5,6)7/h17-19,21-23,25-29,47H,1-16H3. The summed E-state index contributed by atoms with van der Waals surface area (Å²) in [5.74, 6) is 8.41. The van der Waals surface area contributed by atoms with Crippen molar-refractivity contribution in [2.75, 3.05) is 0 Å². The summed E-state index contributed by atoms with van der Waals surface area (Å²) in [6.07, 6.45) is 0. The van der Waals surface area contributed by atoms with Crippen LogP contribution in [0.4, 0.5) is 0 Å². The van der Waals surface area contributed by atoms with Crippen molar-refractivity contribution in [1.29, 1.82) is 0 Å². The molecule has 0 aliphatic carbocycles. The van der Waals surface area contributed by atoms with E-state index >= 15 is 0 Å². The zero-order valence-corrected chi connectivity index (χ0v) is 34.2. The van der Waals surface area contributed by atoms with Gasteiger partial charge in [0.15, 0.2) is 0 Å². The van der Waals surface area contributed by atoms with Crippen molar-refractivity contribution >= 4 is 8.32 Å². The fraction of sp³-hybridized carbons (Fsp3) is 0.435. The Bertz CT molecular complexity index is 1830. The molecule has 0 spiro atoms. The molecule has 0 atom stereocenters. The lowest BCUT2D eigenvalue weighted by Gasteiger charge is -2.34. The smallest absolute Gasteiger partial charge is 0.242 e. The highest BCUT2D eigenvalue weighted by atomic mass is 28.4. The molecular weight excluding hydrogens is 613 g/mol. The lowest BCUT2D eigenvalue weighted by molar-refractivity contribution is 0.423. The first-order valence-corrected chi connectivity index (χ1v) is 21.2. The normalized spacial score (nSPS) is 12.8. The van der Waals surface area contributed by atoms with Gasteiger partial charge in [-0.2, -0.15) is 0 Å². The number of hydrogen-bond acceptors (Lipinski definition) is 2. The van der Waals surface area contributed by atoms with Gasteiger partial charge >= 0.3 is 0 Å². The third kappa shape index (κ3) is 9.09. The van der Waals surface area contributed by atoms with Gasteiger partial charge in [-0.25, -0.2) is 0 Å². The van der Waals surface area contributed by atoms with Gasteiger partial charge in [-0.05, 0) is 130 Å². The van der Waals surface area contributed by atoms with E-state index in [4.69, 9.17) is 4.43 Å². The Morgan fingerprint density at radius 2 is 0.918 bits per heavy atom. The topological polar surface area (TPSA) is 29.5 Å². The van der Waals surface area contributed by atoms with E-state index in [0.29, 0.717) is 5.75 Å². The van der Waals surface area contributed by atoms with E-state index in [9.17, 15) is 5.11 Å². The molecule has 49 heavy (non-hydrogen) atoms. The van der Waals surface area contributed by atoms with Crippen molar-refractivity contribution < 1.29 is 9.53 Å². The molecule has 0 aromatic heterocycles. The maximum Gasteiger partial charge on any atom is 0.242 e. The van der Waals surface area contributed by atoms with Gasteiger partial charge in [-0.3, -0.25) is 0 Å². The maximum atomic E-state index is 11.2. The largest absolute Gasteiger partial charge is 0.544 e. The molecule has 0 bridgehead atoms. The highest BCUT2D eigenvalue weighted by Gasteiger charge is 2.31. The average molecular weight is 673 g/mol. The fourth-order valence-corrected chi connectivity index (χ4v) is 6.92. The van der Waals surface area contributed by atoms with E-state index in [1.807, 2.05) is 0 Å². The summed E-state index contributed by atoms with van der Waals surface area (Å²) in [5, 5.41) is 11.2. The summed E-state index contributed by atoms with van der Waals surface area (Å²) < 4.78 is 6.83. The van der Waals surface area contributed by atoms with Crippen LogP contribution in [-0.4, -0.2) is 13.4 Å². The minimum absolute atomic E-state index is 0.0761. The van der Waals surface area contributed by atoms with Crippen LogP contribution in [0.15, 0.2) is 66.7 Å². The van der Waals surface area contributed by atoms with E-state index in [-0.39, 0.29) is 21.7 Å². The lowest BCUT2D eigenvalue weighted by Crippen LogP contribution is -2.32. The highest BCUT2D eigenvalue weighted by molar-refractivity contribution is 6.70. The van der Waals surface area contributed by atoms with Gasteiger partial charge in [0.1, 0.15) is 11.5 Å². The zero-order valence-electron chi connectivity index (χ0n) is 33.2. The minimum Gasteiger partial charge on any atom is -0.544 e. The Balaban J connectivity index is 1.76. The van der Waals surface area contributed by atoms with Crippen molar-refractivity contribution in [3.05, 3.63) is 106 Å². The Morgan fingerprint density at radius 1 is 0.510 bits per heavy atom. The van der Waals surface area contributed by atoms with Crippen LogP contribution in [0, 0.1) is 18.8 Å². The molecule has 0 saturated heterocycles. The first-order valence-electron chi connectivity index (χ1n) is 17.8. The van der Waals surface area contributed by atoms with E-state index in [2.05, 4.69) is 188 Å². The summed E-state index contributed by atoms with van der Waals surface area (Å²) in [6.45, 7) is 35.5. The number of rotatable bonds is 4. The van der Waals surface area contributed by atoms with Crippen LogP contribution in [0.25, 0.3) is 22.3 Å². The minimum atomic E-state index is -1.85. The number of phenolic OH excluding ortho intramolecular Hbond substituents is 1.